The van der Waals surface area contributed by atoms with E-state index in [9.17, 15) is 13.2 Å². The zero-order chi connectivity index (χ0) is 6.78. The number of hydrogen-bond donors (Lipinski definition) is 1. The van der Waals surface area contributed by atoms with Crippen molar-refractivity contribution in [3.63, 3.8) is 0 Å². The first-order chi connectivity index (χ1) is 3.48. The summed E-state index contributed by atoms with van der Waals surface area (Å²) in [5, 5.41) is 7.79. The van der Waals surface area contributed by atoms with Crippen molar-refractivity contribution in [3.05, 3.63) is 11.8 Å². The topological polar surface area (TPSA) is 20.2 Å². The molecule has 8 heavy (non-hydrogen) atoms. The normalized spacial score (nSPS) is 14.2. The van der Waals surface area contributed by atoms with E-state index in [2.05, 4.69) is 0 Å². The Hall–Kier alpha value is -0.670. The third-order valence-electron chi connectivity index (χ3n) is 0.641. The van der Waals surface area contributed by atoms with Crippen molar-refractivity contribution in [1.29, 1.82) is 0 Å². The van der Waals surface area contributed by atoms with E-state index >= 15 is 0 Å². The van der Waals surface area contributed by atoms with Gasteiger partial charge in [-0.1, -0.05) is 0 Å². The molecule has 0 aliphatic heterocycles. The summed E-state index contributed by atoms with van der Waals surface area (Å²) in [4.78, 5) is 0. The minimum atomic E-state index is -4.38. The van der Waals surface area contributed by atoms with Gasteiger partial charge in [-0.2, -0.15) is 13.2 Å². The van der Waals surface area contributed by atoms with Gasteiger partial charge < -0.3 is 5.11 Å². The molecule has 0 rings (SSSR count). The van der Waals surface area contributed by atoms with E-state index in [1.807, 2.05) is 0 Å². The number of alkyl halides is 3. The molecule has 0 heterocycles. The quantitative estimate of drug-likeness (QED) is 0.492. The number of aliphatic hydroxyl groups excluding tert-OH is 1. The molecule has 0 amide bonds. The SMILES string of the molecule is C/C(=C\O)C(F)(F)F. The van der Waals surface area contributed by atoms with E-state index < -0.39 is 11.7 Å². The van der Waals surface area contributed by atoms with Crippen LogP contribution in [-0.2, 0) is 0 Å². The molecule has 0 radical (unpaired) electrons. The monoisotopic (exact) mass is 126 g/mol. The summed E-state index contributed by atoms with van der Waals surface area (Å²) >= 11 is 0. The van der Waals surface area contributed by atoms with E-state index in [0.29, 0.717) is 0 Å². The highest BCUT2D eigenvalue weighted by Crippen LogP contribution is 2.23. The number of rotatable bonds is 0. The van der Waals surface area contributed by atoms with Gasteiger partial charge in [0.15, 0.2) is 0 Å². The second-order valence-corrected chi connectivity index (χ2v) is 1.31. The molecule has 0 saturated heterocycles. The maximum Gasteiger partial charge on any atom is 0.415 e. The average molecular weight is 126 g/mol. The molecule has 0 saturated carbocycles. The zero-order valence-electron chi connectivity index (χ0n) is 4.16. The number of halogens is 3. The highest BCUT2D eigenvalue weighted by molar-refractivity contribution is 4.99. The Labute approximate surface area is 44.4 Å². The Morgan fingerprint density at radius 2 is 1.88 bits per heavy atom. The predicted octanol–water partition coefficient (Wildman–Crippen LogP) is 2.01. The zero-order valence-corrected chi connectivity index (χ0v) is 4.16. The van der Waals surface area contributed by atoms with E-state index in [1.54, 1.807) is 0 Å². The number of hydrogen-bond acceptors (Lipinski definition) is 1. The maximum absolute atomic E-state index is 11.2. The highest BCUT2D eigenvalue weighted by atomic mass is 19.4. The first-order valence-corrected chi connectivity index (χ1v) is 1.86. The lowest BCUT2D eigenvalue weighted by atomic mass is 10.3. The Balaban J connectivity index is 4.03. The molecule has 0 aromatic heterocycles. The molecule has 0 bridgehead atoms. The minimum Gasteiger partial charge on any atom is -0.515 e. The van der Waals surface area contributed by atoms with Crippen LogP contribution in [-0.4, -0.2) is 11.3 Å². The molecule has 0 aliphatic rings. The molecule has 0 aliphatic carbocycles. The summed E-state index contributed by atoms with van der Waals surface area (Å²) in [7, 11) is 0. The fourth-order valence-corrected chi connectivity index (χ4v) is 0.0732. The minimum absolute atomic E-state index is 0.0417. The summed E-state index contributed by atoms with van der Waals surface area (Å²) in [6.45, 7) is 0.792. The molecular formula is C4H5F3O. The lowest BCUT2D eigenvalue weighted by Gasteiger charge is -2.02. The Morgan fingerprint density at radius 3 is 1.88 bits per heavy atom. The fourth-order valence-electron chi connectivity index (χ4n) is 0.0732. The van der Waals surface area contributed by atoms with Gasteiger partial charge in [-0.3, -0.25) is 0 Å². The molecule has 0 spiro atoms. The molecule has 0 aromatic carbocycles. The first kappa shape index (κ1) is 7.33. The molecular weight excluding hydrogens is 121 g/mol. The summed E-state index contributed by atoms with van der Waals surface area (Å²) in [6.07, 6.45) is -4.34. The fraction of sp³-hybridized carbons (Fsp3) is 0.500. The van der Waals surface area contributed by atoms with Gasteiger partial charge in [-0.05, 0) is 6.92 Å². The van der Waals surface area contributed by atoms with Crippen molar-refractivity contribution < 1.29 is 18.3 Å². The van der Waals surface area contributed by atoms with Crippen LogP contribution in [0, 0.1) is 0 Å². The summed E-state index contributed by atoms with van der Waals surface area (Å²) in [6, 6.07) is 0. The maximum atomic E-state index is 11.2. The molecule has 0 unspecified atom stereocenters. The summed E-state index contributed by atoms with van der Waals surface area (Å²) in [5.74, 6) is 0. The van der Waals surface area contributed by atoms with Crippen LogP contribution in [0.3, 0.4) is 0 Å². The summed E-state index contributed by atoms with van der Waals surface area (Å²) in [5.41, 5.74) is -0.988. The number of allylic oxidation sites excluding steroid dienone is 1. The standard InChI is InChI=1S/C4H5F3O/c1-3(2-8)4(5,6)7/h2,8H,1H3/b3-2+. The van der Waals surface area contributed by atoms with Gasteiger partial charge in [0.05, 0.1) is 11.8 Å². The van der Waals surface area contributed by atoms with Crippen LogP contribution in [0.25, 0.3) is 0 Å². The second kappa shape index (κ2) is 2.07. The first-order valence-electron chi connectivity index (χ1n) is 1.86. The van der Waals surface area contributed by atoms with Crippen LogP contribution in [0.5, 0.6) is 0 Å². The van der Waals surface area contributed by atoms with Crippen molar-refractivity contribution >= 4 is 0 Å². The van der Waals surface area contributed by atoms with Gasteiger partial charge >= 0.3 is 6.18 Å². The lowest BCUT2D eigenvalue weighted by molar-refractivity contribution is -0.0928. The Bertz CT molecular complexity index is 102. The van der Waals surface area contributed by atoms with Gasteiger partial charge in [0, 0.05) is 0 Å². The highest BCUT2D eigenvalue weighted by Gasteiger charge is 2.29. The van der Waals surface area contributed by atoms with Crippen molar-refractivity contribution in [2.45, 2.75) is 13.1 Å². The average Bonchev–Trinajstić information content (AvgIpc) is 1.62. The molecule has 48 valence electrons. The van der Waals surface area contributed by atoms with Crippen LogP contribution in [0.2, 0.25) is 0 Å². The van der Waals surface area contributed by atoms with Crippen molar-refractivity contribution in [2.24, 2.45) is 0 Å². The van der Waals surface area contributed by atoms with E-state index in [1.165, 1.54) is 0 Å². The largest absolute Gasteiger partial charge is 0.515 e. The molecule has 0 fully saturated rings. The predicted molar refractivity (Wildman–Crippen MR) is 22.4 cm³/mol. The van der Waals surface area contributed by atoms with Crippen LogP contribution < -0.4 is 0 Å². The van der Waals surface area contributed by atoms with E-state index in [-0.39, 0.29) is 6.26 Å². The smallest absolute Gasteiger partial charge is 0.415 e. The summed E-state index contributed by atoms with van der Waals surface area (Å²) < 4.78 is 33.7. The van der Waals surface area contributed by atoms with Crippen LogP contribution in [0.1, 0.15) is 6.92 Å². The number of aliphatic hydroxyl groups is 1. The third kappa shape index (κ3) is 1.86. The van der Waals surface area contributed by atoms with Gasteiger partial charge in [0.25, 0.3) is 0 Å². The Morgan fingerprint density at radius 1 is 1.50 bits per heavy atom. The second-order valence-electron chi connectivity index (χ2n) is 1.31. The van der Waals surface area contributed by atoms with Gasteiger partial charge in [-0.15, -0.1) is 0 Å². The van der Waals surface area contributed by atoms with Crippen LogP contribution in [0.4, 0.5) is 13.2 Å². The van der Waals surface area contributed by atoms with Crippen LogP contribution >= 0.6 is 0 Å². The van der Waals surface area contributed by atoms with E-state index in [0.717, 1.165) is 6.92 Å². The van der Waals surface area contributed by atoms with Crippen molar-refractivity contribution in [2.75, 3.05) is 0 Å². The van der Waals surface area contributed by atoms with Gasteiger partial charge in [0.1, 0.15) is 0 Å². The molecule has 1 nitrogen and oxygen atoms in total. The van der Waals surface area contributed by atoms with Gasteiger partial charge in [0.2, 0.25) is 0 Å². The third-order valence-corrected chi connectivity index (χ3v) is 0.641. The molecule has 1 N–H and O–H groups in total. The van der Waals surface area contributed by atoms with Crippen LogP contribution in [0.15, 0.2) is 11.8 Å². The molecule has 0 atom stereocenters. The Kier molecular flexibility index (Phi) is 1.89. The molecule has 0 aromatic rings. The van der Waals surface area contributed by atoms with Crippen molar-refractivity contribution in [1.82, 2.24) is 0 Å². The van der Waals surface area contributed by atoms with Crippen molar-refractivity contribution in [3.8, 4) is 0 Å². The van der Waals surface area contributed by atoms with E-state index in [4.69, 9.17) is 5.11 Å². The lowest BCUT2D eigenvalue weighted by Crippen LogP contribution is -2.08. The molecule has 4 heteroatoms. The van der Waals surface area contributed by atoms with Gasteiger partial charge in [-0.25, -0.2) is 0 Å².